The standard InChI is InChI=1S/C55H34N6/c1-4-17-37(18-5-1)50-44-26-14-15-27-46(44)56-55(57-50)61-47-33-32-35-16-10-12-24-42(35)49(47)45-34-41-23-11-13-25-43(41)48(51(45)61)36-28-30-40(31-29-36)54-59-52(38-19-6-2-7-20-38)58-53(60-54)39-21-8-3-9-22-39/h1-34H. The first-order valence-corrected chi connectivity index (χ1v) is 20.4. The van der Waals surface area contributed by atoms with Crippen LogP contribution in [0, 0.1) is 0 Å². The Hall–Kier alpha value is -8.35. The molecule has 12 rings (SSSR count). The first-order chi connectivity index (χ1) is 30.2. The van der Waals surface area contributed by atoms with Crippen LogP contribution in [-0.2, 0) is 0 Å². The zero-order chi connectivity index (χ0) is 40.3. The maximum absolute atomic E-state index is 5.46. The molecular formula is C55H34N6. The average molecular weight is 779 g/mol. The molecule has 0 spiro atoms. The minimum atomic E-state index is 0.612. The van der Waals surface area contributed by atoms with Gasteiger partial charge in [-0.1, -0.05) is 188 Å². The molecule has 0 saturated heterocycles. The second kappa shape index (κ2) is 14.2. The molecule has 6 nitrogen and oxygen atoms in total. The van der Waals surface area contributed by atoms with Crippen LogP contribution in [-0.4, -0.2) is 29.5 Å². The van der Waals surface area contributed by atoms with Gasteiger partial charge >= 0.3 is 0 Å². The van der Waals surface area contributed by atoms with Crippen molar-refractivity contribution >= 4 is 54.3 Å². The third-order valence-electron chi connectivity index (χ3n) is 11.6. The number of fused-ring (bicyclic) bond motifs is 7. The van der Waals surface area contributed by atoms with Crippen molar-refractivity contribution in [1.82, 2.24) is 29.5 Å². The van der Waals surface area contributed by atoms with Gasteiger partial charge in [0.25, 0.3) is 0 Å². The number of nitrogens with zero attached hydrogens (tertiary/aromatic N) is 6. The molecule has 9 aromatic carbocycles. The summed E-state index contributed by atoms with van der Waals surface area (Å²) in [6.07, 6.45) is 0. The third-order valence-corrected chi connectivity index (χ3v) is 11.6. The van der Waals surface area contributed by atoms with Gasteiger partial charge in [0.05, 0.1) is 22.2 Å². The number of rotatable bonds is 6. The molecule has 0 radical (unpaired) electrons. The topological polar surface area (TPSA) is 69.4 Å². The molecule has 0 aliphatic carbocycles. The second-order valence-corrected chi connectivity index (χ2v) is 15.3. The largest absolute Gasteiger partial charge is 0.277 e. The lowest BCUT2D eigenvalue weighted by atomic mass is 9.93. The molecule has 0 fully saturated rings. The van der Waals surface area contributed by atoms with Gasteiger partial charge in [-0.2, -0.15) is 0 Å². The molecule has 284 valence electrons. The summed E-state index contributed by atoms with van der Waals surface area (Å²) in [5, 5.41) is 7.97. The van der Waals surface area contributed by atoms with E-state index < -0.39 is 0 Å². The fraction of sp³-hybridized carbons (Fsp3) is 0. The summed E-state index contributed by atoms with van der Waals surface area (Å²) in [5.74, 6) is 2.49. The van der Waals surface area contributed by atoms with Crippen LogP contribution in [0.1, 0.15) is 0 Å². The van der Waals surface area contributed by atoms with Crippen molar-refractivity contribution in [1.29, 1.82) is 0 Å². The Morgan fingerprint density at radius 1 is 0.328 bits per heavy atom. The first kappa shape index (κ1) is 34.7. The predicted octanol–water partition coefficient (Wildman–Crippen LogP) is 13.6. The van der Waals surface area contributed by atoms with Crippen molar-refractivity contribution in [2.24, 2.45) is 0 Å². The van der Waals surface area contributed by atoms with Gasteiger partial charge in [0, 0.05) is 44.0 Å². The van der Waals surface area contributed by atoms with Gasteiger partial charge in [-0.15, -0.1) is 0 Å². The smallest absolute Gasteiger partial charge is 0.235 e. The Kier molecular flexibility index (Phi) is 8.06. The molecule has 0 bridgehead atoms. The molecule has 0 aliphatic rings. The van der Waals surface area contributed by atoms with E-state index in [-0.39, 0.29) is 0 Å². The minimum Gasteiger partial charge on any atom is -0.277 e. The van der Waals surface area contributed by atoms with E-state index in [0.29, 0.717) is 23.4 Å². The van der Waals surface area contributed by atoms with Crippen molar-refractivity contribution in [3.05, 3.63) is 206 Å². The lowest BCUT2D eigenvalue weighted by Crippen LogP contribution is -2.04. The molecule has 12 aromatic rings. The summed E-state index contributed by atoms with van der Waals surface area (Å²) in [4.78, 5) is 25.8. The van der Waals surface area contributed by atoms with Gasteiger partial charge in [0.1, 0.15) is 0 Å². The van der Waals surface area contributed by atoms with Crippen molar-refractivity contribution < 1.29 is 0 Å². The van der Waals surface area contributed by atoms with E-state index in [1.54, 1.807) is 0 Å². The number of aromatic nitrogens is 6. The van der Waals surface area contributed by atoms with Crippen molar-refractivity contribution in [2.75, 3.05) is 0 Å². The van der Waals surface area contributed by atoms with E-state index in [1.165, 1.54) is 16.2 Å². The molecule has 0 amide bonds. The Morgan fingerprint density at radius 2 is 0.836 bits per heavy atom. The molecule has 6 heteroatoms. The first-order valence-electron chi connectivity index (χ1n) is 20.4. The van der Waals surface area contributed by atoms with Crippen LogP contribution in [0.25, 0.3) is 117 Å². The molecular weight excluding hydrogens is 745 g/mol. The van der Waals surface area contributed by atoms with Gasteiger partial charge in [-0.05, 0) is 45.3 Å². The lowest BCUT2D eigenvalue weighted by Gasteiger charge is -2.15. The van der Waals surface area contributed by atoms with Crippen LogP contribution in [0.15, 0.2) is 206 Å². The molecule has 0 atom stereocenters. The number of hydrogen-bond donors (Lipinski definition) is 0. The third kappa shape index (κ3) is 5.84. The lowest BCUT2D eigenvalue weighted by molar-refractivity contribution is 1.01. The van der Waals surface area contributed by atoms with Gasteiger partial charge < -0.3 is 0 Å². The molecule has 3 heterocycles. The quantitative estimate of drug-likeness (QED) is 0.168. The van der Waals surface area contributed by atoms with Crippen molar-refractivity contribution in [3.8, 4) is 62.5 Å². The molecule has 0 unspecified atom stereocenters. The molecule has 0 aliphatic heterocycles. The van der Waals surface area contributed by atoms with Crippen LogP contribution < -0.4 is 0 Å². The highest BCUT2D eigenvalue weighted by molar-refractivity contribution is 6.27. The summed E-state index contributed by atoms with van der Waals surface area (Å²) >= 11 is 0. The van der Waals surface area contributed by atoms with Crippen LogP contribution >= 0.6 is 0 Å². The SMILES string of the molecule is c1ccc(-c2nc(-c3ccccc3)nc(-c3ccc(-c4c5ccccc5cc5c6c7ccccc7ccc6n(-c6nc(-c7ccccc7)c7ccccc7n6)c45)cc3)n2)cc1. The van der Waals surface area contributed by atoms with E-state index in [9.17, 15) is 0 Å². The Bertz CT molecular complexity index is 3560. The van der Waals surface area contributed by atoms with Gasteiger partial charge in [0.2, 0.25) is 5.95 Å². The fourth-order valence-electron chi connectivity index (χ4n) is 8.81. The summed E-state index contributed by atoms with van der Waals surface area (Å²) in [6, 6.07) is 71.6. The molecule has 61 heavy (non-hydrogen) atoms. The normalized spacial score (nSPS) is 11.6. The van der Waals surface area contributed by atoms with E-state index in [2.05, 4.69) is 138 Å². The van der Waals surface area contributed by atoms with Crippen LogP contribution in [0.2, 0.25) is 0 Å². The van der Waals surface area contributed by atoms with E-state index in [4.69, 9.17) is 24.9 Å². The maximum atomic E-state index is 5.46. The van der Waals surface area contributed by atoms with Gasteiger partial charge in [-0.3, -0.25) is 4.57 Å². The van der Waals surface area contributed by atoms with Crippen LogP contribution in [0.4, 0.5) is 0 Å². The monoisotopic (exact) mass is 778 g/mol. The van der Waals surface area contributed by atoms with E-state index >= 15 is 0 Å². The van der Waals surface area contributed by atoms with Crippen LogP contribution in [0.5, 0.6) is 0 Å². The summed E-state index contributed by atoms with van der Waals surface area (Å²) < 4.78 is 2.29. The zero-order valence-electron chi connectivity index (χ0n) is 32.8. The van der Waals surface area contributed by atoms with E-state index in [1.807, 2.05) is 72.8 Å². The Labute approximate surface area is 351 Å². The van der Waals surface area contributed by atoms with Gasteiger partial charge in [0.15, 0.2) is 17.5 Å². The molecule has 3 aromatic heterocycles. The maximum Gasteiger partial charge on any atom is 0.235 e. The minimum absolute atomic E-state index is 0.612. The van der Waals surface area contributed by atoms with Crippen molar-refractivity contribution in [3.63, 3.8) is 0 Å². The highest BCUT2D eigenvalue weighted by Gasteiger charge is 2.24. The summed E-state index contributed by atoms with van der Waals surface area (Å²) in [6.45, 7) is 0. The predicted molar refractivity (Wildman–Crippen MR) is 249 cm³/mol. The van der Waals surface area contributed by atoms with Gasteiger partial charge in [-0.25, -0.2) is 24.9 Å². The van der Waals surface area contributed by atoms with Crippen molar-refractivity contribution in [2.45, 2.75) is 0 Å². The van der Waals surface area contributed by atoms with Crippen LogP contribution in [0.3, 0.4) is 0 Å². The fourth-order valence-corrected chi connectivity index (χ4v) is 8.81. The summed E-state index contributed by atoms with van der Waals surface area (Å²) in [7, 11) is 0. The zero-order valence-corrected chi connectivity index (χ0v) is 32.8. The summed E-state index contributed by atoms with van der Waals surface area (Å²) in [5.41, 5.74) is 9.84. The molecule has 0 saturated carbocycles. The number of para-hydroxylation sites is 1. The Morgan fingerprint density at radius 3 is 1.49 bits per heavy atom. The molecule has 0 N–H and O–H groups in total. The highest BCUT2D eigenvalue weighted by atomic mass is 15.2. The Balaban J connectivity index is 1.14. The number of benzene rings is 9. The average Bonchev–Trinajstić information content (AvgIpc) is 3.68. The number of hydrogen-bond acceptors (Lipinski definition) is 5. The van der Waals surface area contributed by atoms with E-state index in [0.717, 1.165) is 77.2 Å². The second-order valence-electron chi connectivity index (χ2n) is 15.3. The highest BCUT2D eigenvalue weighted by Crippen LogP contribution is 2.45.